The van der Waals surface area contributed by atoms with Crippen LogP contribution in [0.5, 0.6) is 11.5 Å². The van der Waals surface area contributed by atoms with Crippen LogP contribution < -0.4 is 9.47 Å². The molecule has 1 aromatic carbocycles. The molecule has 8 heteroatoms. The third-order valence-electron chi connectivity index (χ3n) is 3.25. The average Bonchev–Trinajstić information content (AvgIpc) is 2.87. The van der Waals surface area contributed by atoms with Gasteiger partial charge >= 0.3 is 5.97 Å². The lowest BCUT2D eigenvalue weighted by Crippen LogP contribution is -2.23. The van der Waals surface area contributed by atoms with Gasteiger partial charge in [-0.05, 0) is 35.5 Å². The summed E-state index contributed by atoms with van der Waals surface area (Å²) in [6, 6.07) is 5.18. The second-order valence-electron chi connectivity index (χ2n) is 4.76. The Bertz CT molecular complexity index is 714. The number of carbonyl (C=O) groups excluding carboxylic acids is 2. The summed E-state index contributed by atoms with van der Waals surface area (Å²) < 4.78 is 15.2. The van der Waals surface area contributed by atoms with Crippen molar-refractivity contribution in [3.63, 3.8) is 0 Å². The second-order valence-corrected chi connectivity index (χ2v) is 5.77. The van der Waals surface area contributed by atoms with E-state index in [1.54, 1.807) is 38.4 Å². The van der Waals surface area contributed by atoms with Crippen molar-refractivity contribution in [3.05, 3.63) is 28.7 Å². The molecule has 1 fully saturated rings. The number of likely N-dealkylation sites (N-methyl/N-ethyl adjacent to an activating group) is 1. The van der Waals surface area contributed by atoms with Crippen molar-refractivity contribution in [2.75, 3.05) is 34.9 Å². The van der Waals surface area contributed by atoms with E-state index in [0.717, 1.165) is 5.56 Å². The molecule has 7 nitrogen and oxygen atoms in total. The highest BCUT2D eigenvalue weighted by atomic mass is 32.2. The van der Waals surface area contributed by atoms with E-state index in [0.29, 0.717) is 21.6 Å². The molecule has 0 atom stereocenters. The first kappa shape index (κ1) is 17.9. The fraction of sp³-hybridized carbons (Fsp3) is 0.312. The van der Waals surface area contributed by atoms with E-state index in [1.165, 1.54) is 30.9 Å². The Morgan fingerprint density at radius 2 is 2.08 bits per heavy atom. The Kier molecular flexibility index (Phi) is 5.86. The molecule has 0 bridgehead atoms. The minimum atomic E-state index is -0.481. The summed E-state index contributed by atoms with van der Waals surface area (Å²) in [7, 11) is 6.12. The minimum absolute atomic E-state index is 0.106. The van der Waals surface area contributed by atoms with Gasteiger partial charge in [0.25, 0.3) is 5.91 Å². The van der Waals surface area contributed by atoms with Crippen molar-refractivity contribution in [3.8, 4) is 11.5 Å². The Hall–Kier alpha value is -2.48. The van der Waals surface area contributed by atoms with E-state index < -0.39 is 5.97 Å². The van der Waals surface area contributed by atoms with Gasteiger partial charge < -0.3 is 14.2 Å². The predicted molar refractivity (Wildman–Crippen MR) is 92.2 cm³/mol. The number of amides is 1. The van der Waals surface area contributed by atoms with Gasteiger partial charge in [0.05, 0.1) is 19.1 Å². The zero-order valence-electron chi connectivity index (χ0n) is 13.9. The normalized spacial score (nSPS) is 17.5. The first-order valence-corrected chi connectivity index (χ1v) is 7.83. The fourth-order valence-corrected chi connectivity index (χ4v) is 2.92. The molecule has 1 amide bonds. The molecule has 2 rings (SSSR count). The van der Waals surface area contributed by atoms with Gasteiger partial charge in [0, 0.05) is 14.1 Å². The fourth-order valence-electron chi connectivity index (χ4n) is 1.99. The maximum Gasteiger partial charge on any atom is 0.343 e. The molecule has 1 aliphatic rings. The largest absolute Gasteiger partial charge is 0.493 e. The number of esters is 1. The highest BCUT2D eigenvalue weighted by molar-refractivity contribution is 8.18. The van der Waals surface area contributed by atoms with Crippen molar-refractivity contribution < 1.29 is 23.8 Å². The molecule has 0 aromatic heterocycles. The number of ether oxygens (including phenoxy) is 3. The molecular formula is C16H18N2O5S. The van der Waals surface area contributed by atoms with Crippen LogP contribution in [0.3, 0.4) is 0 Å². The summed E-state index contributed by atoms with van der Waals surface area (Å²) in [6.45, 7) is -0.206. The lowest BCUT2D eigenvalue weighted by Gasteiger charge is -2.10. The number of rotatable bonds is 5. The number of hydrogen-bond acceptors (Lipinski definition) is 7. The van der Waals surface area contributed by atoms with Gasteiger partial charge in [-0.1, -0.05) is 6.07 Å². The van der Waals surface area contributed by atoms with Crippen molar-refractivity contribution in [2.24, 2.45) is 4.99 Å². The summed E-state index contributed by atoms with van der Waals surface area (Å²) in [5.74, 6) is 0.293. The maximum atomic E-state index is 12.2. The monoisotopic (exact) mass is 350 g/mol. The first-order valence-electron chi connectivity index (χ1n) is 7.02. The van der Waals surface area contributed by atoms with Crippen LogP contribution in [0.15, 0.2) is 28.1 Å². The van der Waals surface area contributed by atoms with Crippen LogP contribution >= 0.6 is 11.8 Å². The predicted octanol–water partition coefficient (Wildman–Crippen LogP) is 1.78. The molecule has 0 saturated carbocycles. The average molecular weight is 350 g/mol. The van der Waals surface area contributed by atoms with Gasteiger partial charge in [0.15, 0.2) is 23.3 Å². The molecular weight excluding hydrogens is 332 g/mol. The number of aliphatic imine (C=N–C) groups is 1. The SMILES string of the molecule is CN=C1SC(=Cc2ccc(OCC(=O)OC)c(OC)c2)C(=O)N1C. The van der Waals surface area contributed by atoms with Crippen LogP contribution in [0.4, 0.5) is 0 Å². The number of amidine groups is 1. The number of nitrogens with zero attached hydrogens (tertiary/aromatic N) is 2. The Balaban J connectivity index is 2.22. The Morgan fingerprint density at radius 1 is 1.33 bits per heavy atom. The quantitative estimate of drug-likeness (QED) is 0.595. The Labute approximate surface area is 144 Å². The highest BCUT2D eigenvalue weighted by Gasteiger charge is 2.29. The summed E-state index contributed by atoms with van der Waals surface area (Å²) in [5.41, 5.74) is 0.777. The van der Waals surface area contributed by atoms with Crippen LogP contribution in [-0.2, 0) is 14.3 Å². The van der Waals surface area contributed by atoms with Crippen LogP contribution in [0.25, 0.3) is 6.08 Å². The van der Waals surface area contributed by atoms with Gasteiger partial charge in [-0.3, -0.25) is 14.7 Å². The van der Waals surface area contributed by atoms with Crippen LogP contribution in [-0.4, -0.2) is 56.9 Å². The third-order valence-corrected chi connectivity index (χ3v) is 4.40. The summed E-state index contributed by atoms with van der Waals surface area (Å²) in [4.78, 5) is 29.5. The van der Waals surface area contributed by atoms with Gasteiger partial charge in [-0.25, -0.2) is 4.79 Å². The van der Waals surface area contributed by atoms with Crippen molar-refractivity contribution in [2.45, 2.75) is 0 Å². The smallest absolute Gasteiger partial charge is 0.343 e. The van der Waals surface area contributed by atoms with E-state index in [2.05, 4.69) is 9.73 Å². The van der Waals surface area contributed by atoms with Gasteiger partial charge in [0.2, 0.25) is 0 Å². The van der Waals surface area contributed by atoms with Gasteiger partial charge in [-0.2, -0.15) is 0 Å². The van der Waals surface area contributed by atoms with Crippen molar-refractivity contribution >= 4 is 34.9 Å². The number of thioether (sulfide) groups is 1. The highest BCUT2D eigenvalue weighted by Crippen LogP contribution is 2.33. The number of hydrogen-bond donors (Lipinski definition) is 0. The zero-order valence-corrected chi connectivity index (χ0v) is 14.7. The number of methoxy groups -OCH3 is 2. The van der Waals surface area contributed by atoms with Gasteiger partial charge in [-0.15, -0.1) is 0 Å². The topological polar surface area (TPSA) is 77.4 Å². The molecule has 0 spiro atoms. The lowest BCUT2D eigenvalue weighted by atomic mass is 10.2. The third kappa shape index (κ3) is 3.88. The lowest BCUT2D eigenvalue weighted by molar-refractivity contribution is -0.142. The molecule has 0 N–H and O–H groups in total. The molecule has 0 aliphatic carbocycles. The van der Waals surface area contributed by atoms with E-state index in [1.807, 2.05) is 0 Å². The minimum Gasteiger partial charge on any atom is -0.493 e. The first-order chi connectivity index (χ1) is 11.5. The van der Waals surface area contributed by atoms with E-state index in [4.69, 9.17) is 9.47 Å². The molecule has 24 heavy (non-hydrogen) atoms. The molecule has 128 valence electrons. The summed E-state index contributed by atoms with van der Waals surface area (Å²) in [6.07, 6.45) is 1.76. The Morgan fingerprint density at radius 3 is 2.67 bits per heavy atom. The maximum absolute atomic E-state index is 12.2. The second kappa shape index (κ2) is 7.87. The van der Waals surface area contributed by atoms with Crippen LogP contribution in [0.1, 0.15) is 5.56 Å². The van der Waals surface area contributed by atoms with Gasteiger partial charge in [0.1, 0.15) is 0 Å². The molecule has 1 heterocycles. The van der Waals surface area contributed by atoms with E-state index >= 15 is 0 Å². The molecule has 0 radical (unpaired) electrons. The van der Waals surface area contributed by atoms with Crippen molar-refractivity contribution in [1.82, 2.24) is 4.90 Å². The molecule has 1 aromatic rings. The number of carbonyl (C=O) groups is 2. The van der Waals surface area contributed by atoms with Crippen LogP contribution in [0, 0.1) is 0 Å². The molecule has 1 saturated heterocycles. The summed E-state index contributed by atoms with van der Waals surface area (Å²) >= 11 is 1.31. The summed E-state index contributed by atoms with van der Waals surface area (Å²) in [5, 5.41) is 0.649. The van der Waals surface area contributed by atoms with E-state index in [9.17, 15) is 9.59 Å². The van der Waals surface area contributed by atoms with Crippen LogP contribution in [0.2, 0.25) is 0 Å². The van der Waals surface area contributed by atoms with Crippen molar-refractivity contribution in [1.29, 1.82) is 0 Å². The molecule has 0 unspecified atom stereocenters. The zero-order chi connectivity index (χ0) is 17.7. The van der Waals surface area contributed by atoms with E-state index in [-0.39, 0.29) is 12.5 Å². The number of benzene rings is 1. The molecule has 1 aliphatic heterocycles. The standard InChI is InChI=1S/C16H18N2O5S/c1-17-16-18(2)15(20)13(24-16)8-10-5-6-11(12(7-10)21-3)23-9-14(19)22-4/h5-8H,9H2,1-4H3.